The molecule has 0 aliphatic heterocycles. The molecule has 2 aromatic heterocycles. The fourth-order valence-electron chi connectivity index (χ4n) is 2.13. The Labute approximate surface area is 110 Å². The fraction of sp³-hybridized carbons (Fsp3) is 0.214. The molecule has 3 aromatic rings. The average molecular weight is 257 g/mol. The highest BCUT2D eigenvalue weighted by molar-refractivity contribution is 7.15. The second-order valence-electron chi connectivity index (χ2n) is 4.45. The summed E-state index contributed by atoms with van der Waals surface area (Å²) in [6.45, 7) is 5.02. The van der Waals surface area contributed by atoms with Gasteiger partial charge in [-0.15, -0.1) is 11.3 Å². The molecule has 0 atom stereocenters. The maximum Gasteiger partial charge on any atom is 0.193 e. The topological polar surface area (TPSA) is 29.3 Å². The van der Waals surface area contributed by atoms with E-state index in [0.717, 1.165) is 17.2 Å². The van der Waals surface area contributed by atoms with Crippen molar-refractivity contribution in [1.82, 2.24) is 9.38 Å². The smallest absolute Gasteiger partial charge is 0.193 e. The van der Waals surface area contributed by atoms with E-state index in [1.54, 1.807) is 11.3 Å². The van der Waals surface area contributed by atoms with E-state index in [-0.39, 0.29) is 0 Å². The van der Waals surface area contributed by atoms with Gasteiger partial charge in [0, 0.05) is 23.5 Å². The maximum absolute atomic E-state index is 4.57. The van der Waals surface area contributed by atoms with Crippen LogP contribution < -0.4 is 5.32 Å². The number of para-hydroxylation sites is 1. The molecule has 0 saturated carbocycles. The van der Waals surface area contributed by atoms with Gasteiger partial charge in [0.2, 0.25) is 0 Å². The van der Waals surface area contributed by atoms with E-state index in [1.807, 2.05) is 11.6 Å². The van der Waals surface area contributed by atoms with Crippen LogP contribution in [0.4, 0.5) is 5.69 Å². The standard InChI is InChI=1S/C14H15N3S/c1-10-4-3-5-11(2)13(10)15-8-12-9-17-6-7-18-14(17)16-12/h3-7,9,15H,8H2,1-2H3. The zero-order chi connectivity index (χ0) is 12.5. The summed E-state index contributed by atoms with van der Waals surface area (Å²) in [6.07, 6.45) is 4.11. The van der Waals surface area contributed by atoms with Crippen LogP contribution in [0.2, 0.25) is 0 Å². The molecule has 4 heteroatoms. The molecular formula is C14H15N3S. The Hall–Kier alpha value is -1.81. The number of nitrogens with one attached hydrogen (secondary N) is 1. The molecule has 18 heavy (non-hydrogen) atoms. The number of hydrogen-bond acceptors (Lipinski definition) is 3. The summed E-state index contributed by atoms with van der Waals surface area (Å²) in [4.78, 5) is 5.62. The molecule has 0 aliphatic rings. The molecule has 2 heterocycles. The van der Waals surface area contributed by atoms with Crippen molar-refractivity contribution < 1.29 is 0 Å². The van der Waals surface area contributed by atoms with Crippen LogP contribution >= 0.6 is 11.3 Å². The quantitative estimate of drug-likeness (QED) is 0.776. The van der Waals surface area contributed by atoms with E-state index in [1.165, 1.54) is 16.8 Å². The predicted octanol–water partition coefficient (Wildman–Crippen LogP) is 3.62. The number of benzene rings is 1. The van der Waals surface area contributed by atoms with E-state index in [9.17, 15) is 0 Å². The molecule has 0 spiro atoms. The number of fused-ring (bicyclic) bond motifs is 1. The molecule has 92 valence electrons. The van der Waals surface area contributed by atoms with Gasteiger partial charge < -0.3 is 5.32 Å². The maximum atomic E-state index is 4.57. The van der Waals surface area contributed by atoms with Crippen LogP contribution in [0, 0.1) is 13.8 Å². The second kappa shape index (κ2) is 4.46. The molecule has 1 N–H and O–H groups in total. The molecule has 0 bridgehead atoms. The summed E-state index contributed by atoms with van der Waals surface area (Å²) >= 11 is 1.66. The zero-order valence-electron chi connectivity index (χ0n) is 10.5. The van der Waals surface area contributed by atoms with Crippen LogP contribution in [-0.4, -0.2) is 9.38 Å². The summed E-state index contributed by atoms with van der Waals surface area (Å²) in [5.41, 5.74) is 4.84. The van der Waals surface area contributed by atoms with Gasteiger partial charge in [0.25, 0.3) is 0 Å². The Morgan fingerprint density at radius 3 is 2.78 bits per heavy atom. The van der Waals surface area contributed by atoms with Crippen LogP contribution in [0.25, 0.3) is 4.96 Å². The van der Waals surface area contributed by atoms with Crippen LogP contribution in [0.5, 0.6) is 0 Å². The molecule has 0 saturated heterocycles. The lowest BCUT2D eigenvalue weighted by atomic mass is 10.1. The summed E-state index contributed by atoms with van der Waals surface area (Å²) in [6, 6.07) is 6.34. The number of nitrogens with zero attached hydrogens (tertiary/aromatic N) is 2. The first-order valence-electron chi connectivity index (χ1n) is 5.95. The Morgan fingerprint density at radius 1 is 1.28 bits per heavy atom. The molecule has 0 fully saturated rings. The van der Waals surface area contributed by atoms with Crippen LogP contribution in [0.1, 0.15) is 16.8 Å². The van der Waals surface area contributed by atoms with E-state index in [2.05, 4.69) is 52.9 Å². The van der Waals surface area contributed by atoms with E-state index in [4.69, 9.17) is 0 Å². The first-order chi connectivity index (χ1) is 8.74. The van der Waals surface area contributed by atoms with Crippen molar-refractivity contribution in [3.63, 3.8) is 0 Å². The number of thiazole rings is 1. The van der Waals surface area contributed by atoms with Crippen molar-refractivity contribution in [3.8, 4) is 0 Å². The van der Waals surface area contributed by atoms with Crippen molar-refractivity contribution in [2.75, 3.05) is 5.32 Å². The Morgan fingerprint density at radius 2 is 2.06 bits per heavy atom. The number of anilines is 1. The number of rotatable bonds is 3. The highest BCUT2D eigenvalue weighted by Gasteiger charge is 2.04. The highest BCUT2D eigenvalue weighted by Crippen LogP contribution is 2.20. The van der Waals surface area contributed by atoms with Gasteiger partial charge >= 0.3 is 0 Å². The molecule has 0 aliphatic carbocycles. The Bertz CT molecular complexity index is 632. The highest BCUT2D eigenvalue weighted by atomic mass is 32.1. The van der Waals surface area contributed by atoms with Gasteiger partial charge in [-0.1, -0.05) is 18.2 Å². The largest absolute Gasteiger partial charge is 0.379 e. The van der Waals surface area contributed by atoms with Crippen molar-refractivity contribution in [1.29, 1.82) is 0 Å². The van der Waals surface area contributed by atoms with Gasteiger partial charge in [-0.25, -0.2) is 4.98 Å². The first kappa shape index (κ1) is 11.3. The third kappa shape index (κ3) is 1.99. The molecular weight excluding hydrogens is 242 g/mol. The minimum Gasteiger partial charge on any atom is -0.379 e. The number of hydrogen-bond donors (Lipinski definition) is 1. The van der Waals surface area contributed by atoms with Gasteiger partial charge in [0.05, 0.1) is 12.2 Å². The SMILES string of the molecule is Cc1cccc(C)c1NCc1cn2ccsc2n1. The van der Waals surface area contributed by atoms with Crippen LogP contribution in [-0.2, 0) is 6.54 Å². The second-order valence-corrected chi connectivity index (χ2v) is 5.32. The summed E-state index contributed by atoms with van der Waals surface area (Å²) in [5, 5.41) is 5.52. The van der Waals surface area contributed by atoms with Crippen LogP contribution in [0.3, 0.4) is 0 Å². The molecule has 0 radical (unpaired) electrons. The van der Waals surface area contributed by atoms with Gasteiger partial charge in [0.1, 0.15) is 0 Å². The summed E-state index contributed by atoms with van der Waals surface area (Å²) in [5.74, 6) is 0. The normalized spacial score (nSPS) is 11.0. The Kier molecular flexibility index (Phi) is 2.80. The number of aryl methyl sites for hydroxylation is 2. The van der Waals surface area contributed by atoms with Crippen molar-refractivity contribution in [3.05, 3.63) is 52.8 Å². The first-order valence-corrected chi connectivity index (χ1v) is 6.83. The molecule has 0 unspecified atom stereocenters. The average Bonchev–Trinajstić information content (AvgIpc) is 2.88. The minimum absolute atomic E-state index is 0.764. The van der Waals surface area contributed by atoms with Gasteiger partial charge in [0.15, 0.2) is 4.96 Å². The number of aromatic nitrogens is 2. The third-order valence-corrected chi connectivity index (χ3v) is 3.84. The lowest BCUT2D eigenvalue weighted by Crippen LogP contribution is -2.03. The van der Waals surface area contributed by atoms with Crippen LogP contribution in [0.15, 0.2) is 36.0 Å². The van der Waals surface area contributed by atoms with Gasteiger partial charge in [-0.3, -0.25) is 4.40 Å². The molecule has 0 amide bonds. The lowest BCUT2D eigenvalue weighted by molar-refractivity contribution is 1.07. The lowest BCUT2D eigenvalue weighted by Gasteiger charge is -2.11. The third-order valence-electron chi connectivity index (χ3n) is 3.07. The van der Waals surface area contributed by atoms with E-state index in [0.29, 0.717) is 0 Å². The predicted molar refractivity (Wildman–Crippen MR) is 76.3 cm³/mol. The summed E-state index contributed by atoms with van der Waals surface area (Å²) < 4.78 is 2.06. The minimum atomic E-state index is 0.764. The fourth-order valence-corrected chi connectivity index (χ4v) is 2.85. The number of imidazole rings is 1. The van der Waals surface area contributed by atoms with E-state index < -0.39 is 0 Å². The molecule has 1 aromatic carbocycles. The molecule has 3 nitrogen and oxygen atoms in total. The van der Waals surface area contributed by atoms with Gasteiger partial charge in [-0.05, 0) is 25.0 Å². The van der Waals surface area contributed by atoms with E-state index >= 15 is 0 Å². The van der Waals surface area contributed by atoms with Crippen molar-refractivity contribution in [2.45, 2.75) is 20.4 Å². The zero-order valence-corrected chi connectivity index (χ0v) is 11.3. The van der Waals surface area contributed by atoms with Gasteiger partial charge in [-0.2, -0.15) is 0 Å². The molecule has 3 rings (SSSR count). The van der Waals surface area contributed by atoms with Crippen molar-refractivity contribution in [2.24, 2.45) is 0 Å². The van der Waals surface area contributed by atoms with Crippen molar-refractivity contribution >= 4 is 22.0 Å². The summed E-state index contributed by atoms with van der Waals surface area (Å²) in [7, 11) is 0. The monoisotopic (exact) mass is 257 g/mol. The Balaban J connectivity index is 1.80.